The van der Waals surface area contributed by atoms with Gasteiger partial charge in [0.15, 0.2) is 0 Å². The van der Waals surface area contributed by atoms with E-state index in [1.807, 2.05) is 30.1 Å². The fourth-order valence-electron chi connectivity index (χ4n) is 1.49. The zero-order valence-electron chi connectivity index (χ0n) is 9.30. The molecule has 0 unspecified atom stereocenters. The zero-order chi connectivity index (χ0) is 11.2. The van der Waals surface area contributed by atoms with Crippen LogP contribution in [0.1, 0.15) is 12.0 Å². The molecule has 5 heteroatoms. The summed E-state index contributed by atoms with van der Waals surface area (Å²) in [5.74, 6) is 0. The third kappa shape index (κ3) is 2.79. The van der Waals surface area contributed by atoms with Gasteiger partial charge in [-0.25, -0.2) is 0 Å². The average molecular weight is 217 g/mol. The van der Waals surface area contributed by atoms with Crippen molar-refractivity contribution in [2.24, 2.45) is 0 Å². The zero-order valence-corrected chi connectivity index (χ0v) is 9.30. The van der Waals surface area contributed by atoms with Crippen LogP contribution in [-0.2, 0) is 6.54 Å². The number of hydrogen-bond donors (Lipinski definition) is 1. The highest BCUT2D eigenvalue weighted by Gasteiger charge is 1.96. The second-order valence-corrected chi connectivity index (χ2v) is 3.64. The molecule has 0 aromatic carbocycles. The first-order chi connectivity index (χ1) is 7.86. The number of aryl methyl sites for hydroxylation is 2. The van der Waals surface area contributed by atoms with Crippen molar-refractivity contribution in [2.45, 2.75) is 19.9 Å². The molecule has 2 aromatic rings. The van der Waals surface area contributed by atoms with Crippen LogP contribution in [0.25, 0.3) is 0 Å². The Kier molecular flexibility index (Phi) is 3.48. The number of hydrogen-bond acceptors (Lipinski definition) is 4. The molecule has 0 radical (unpaired) electrons. The number of nitrogens with zero attached hydrogens (tertiary/aromatic N) is 4. The average Bonchev–Trinajstić information content (AvgIpc) is 2.79. The molecule has 16 heavy (non-hydrogen) atoms. The summed E-state index contributed by atoms with van der Waals surface area (Å²) in [7, 11) is 0. The Hall–Kier alpha value is -1.91. The van der Waals surface area contributed by atoms with Crippen LogP contribution in [0.4, 0.5) is 5.69 Å². The van der Waals surface area contributed by atoms with Crippen molar-refractivity contribution in [3.05, 3.63) is 36.4 Å². The lowest BCUT2D eigenvalue weighted by Gasteiger charge is -2.08. The maximum absolute atomic E-state index is 4.05. The molecule has 5 nitrogen and oxygen atoms in total. The fourth-order valence-corrected chi connectivity index (χ4v) is 1.49. The normalized spacial score (nSPS) is 10.3. The summed E-state index contributed by atoms with van der Waals surface area (Å²) in [6.07, 6.45) is 8.25. The molecule has 0 atom stereocenters. The van der Waals surface area contributed by atoms with Crippen LogP contribution in [0.3, 0.4) is 0 Å². The van der Waals surface area contributed by atoms with E-state index in [2.05, 4.69) is 20.6 Å². The molecule has 0 bridgehead atoms. The quantitative estimate of drug-likeness (QED) is 0.771. The molecule has 84 valence electrons. The maximum atomic E-state index is 4.05. The van der Waals surface area contributed by atoms with Gasteiger partial charge in [-0.3, -0.25) is 9.67 Å². The van der Waals surface area contributed by atoms with Crippen LogP contribution in [0.15, 0.2) is 30.9 Å². The summed E-state index contributed by atoms with van der Waals surface area (Å²) in [4.78, 5) is 4.05. The largest absolute Gasteiger partial charge is 0.385 e. The molecule has 2 heterocycles. The first kappa shape index (κ1) is 10.6. The van der Waals surface area contributed by atoms with E-state index in [9.17, 15) is 0 Å². The molecule has 0 fully saturated rings. The standard InChI is InChI=1S/C11H15N5/c1-10-9-12-5-3-11(10)13-4-2-7-16-8-6-14-15-16/h3,5-6,8-9H,2,4,7H2,1H3,(H,12,13). The van der Waals surface area contributed by atoms with Gasteiger partial charge in [0.1, 0.15) is 0 Å². The monoisotopic (exact) mass is 217 g/mol. The van der Waals surface area contributed by atoms with Crippen molar-refractivity contribution in [1.29, 1.82) is 0 Å². The first-order valence-corrected chi connectivity index (χ1v) is 5.35. The number of aromatic nitrogens is 4. The number of anilines is 1. The lowest BCUT2D eigenvalue weighted by Crippen LogP contribution is -2.08. The van der Waals surface area contributed by atoms with Crippen molar-refractivity contribution >= 4 is 5.69 Å². The first-order valence-electron chi connectivity index (χ1n) is 5.35. The Bertz CT molecular complexity index is 424. The van der Waals surface area contributed by atoms with E-state index in [0.29, 0.717) is 0 Å². The lowest BCUT2D eigenvalue weighted by atomic mass is 10.2. The SMILES string of the molecule is Cc1cnccc1NCCCn1ccnn1. The lowest BCUT2D eigenvalue weighted by molar-refractivity contribution is 0.570. The number of nitrogens with one attached hydrogen (secondary N) is 1. The van der Waals surface area contributed by atoms with Gasteiger partial charge >= 0.3 is 0 Å². The summed E-state index contributed by atoms with van der Waals surface area (Å²) in [6.45, 7) is 3.86. The highest BCUT2D eigenvalue weighted by molar-refractivity contribution is 5.48. The second kappa shape index (κ2) is 5.25. The Morgan fingerprint density at radius 2 is 2.31 bits per heavy atom. The molecule has 0 saturated carbocycles. The molecule has 0 aliphatic heterocycles. The molecule has 0 saturated heterocycles. The van der Waals surface area contributed by atoms with E-state index in [4.69, 9.17) is 0 Å². The summed E-state index contributed by atoms with van der Waals surface area (Å²) < 4.78 is 1.83. The van der Waals surface area contributed by atoms with Gasteiger partial charge in [0, 0.05) is 37.4 Å². The Balaban J connectivity index is 1.74. The predicted molar refractivity (Wildman–Crippen MR) is 62.1 cm³/mol. The molecule has 1 N–H and O–H groups in total. The highest BCUT2D eigenvalue weighted by atomic mass is 15.4. The van der Waals surface area contributed by atoms with Gasteiger partial charge in [0.2, 0.25) is 0 Å². The van der Waals surface area contributed by atoms with Gasteiger partial charge in [-0.1, -0.05) is 5.21 Å². The second-order valence-electron chi connectivity index (χ2n) is 3.64. The topological polar surface area (TPSA) is 55.6 Å². The van der Waals surface area contributed by atoms with Crippen LogP contribution in [0.2, 0.25) is 0 Å². The number of rotatable bonds is 5. The van der Waals surface area contributed by atoms with Gasteiger partial charge in [0.05, 0.1) is 6.20 Å². The third-order valence-corrected chi connectivity index (χ3v) is 2.37. The van der Waals surface area contributed by atoms with Crippen molar-refractivity contribution in [2.75, 3.05) is 11.9 Å². The van der Waals surface area contributed by atoms with Crippen LogP contribution in [-0.4, -0.2) is 26.5 Å². The van der Waals surface area contributed by atoms with Crippen molar-refractivity contribution < 1.29 is 0 Å². The Morgan fingerprint density at radius 1 is 1.38 bits per heavy atom. The summed E-state index contributed by atoms with van der Waals surface area (Å²) >= 11 is 0. The maximum Gasteiger partial charge on any atom is 0.0692 e. The molecule has 0 spiro atoms. The molecule has 2 rings (SSSR count). The molecular weight excluding hydrogens is 202 g/mol. The summed E-state index contributed by atoms with van der Waals surface area (Å²) in [5, 5.41) is 11.0. The van der Waals surface area contributed by atoms with Crippen LogP contribution < -0.4 is 5.32 Å². The van der Waals surface area contributed by atoms with Crippen LogP contribution in [0, 0.1) is 6.92 Å². The van der Waals surface area contributed by atoms with E-state index < -0.39 is 0 Å². The molecule has 0 aliphatic rings. The van der Waals surface area contributed by atoms with Crippen LogP contribution in [0.5, 0.6) is 0 Å². The van der Waals surface area contributed by atoms with Crippen molar-refractivity contribution in [3.8, 4) is 0 Å². The van der Waals surface area contributed by atoms with Gasteiger partial charge in [-0.05, 0) is 25.0 Å². The summed E-state index contributed by atoms with van der Waals surface area (Å²) in [6, 6.07) is 1.99. The minimum absolute atomic E-state index is 0.886. The smallest absolute Gasteiger partial charge is 0.0692 e. The predicted octanol–water partition coefficient (Wildman–Crippen LogP) is 1.48. The minimum atomic E-state index is 0.886. The highest BCUT2D eigenvalue weighted by Crippen LogP contribution is 2.11. The van der Waals surface area contributed by atoms with E-state index in [1.165, 1.54) is 5.56 Å². The van der Waals surface area contributed by atoms with E-state index >= 15 is 0 Å². The molecule has 0 aliphatic carbocycles. The van der Waals surface area contributed by atoms with Gasteiger partial charge < -0.3 is 5.32 Å². The molecular formula is C11H15N5. The molecule has 0 amide bonds. The van der Waals surface area contributed by atoms with Crippen LogP contribution >= 0.6 is 0 Å². The van der Waals surface area contributed by atoms with Crippen molar-refractivity contribution in [3.63, 3.8) is 0 Å². The van der Waals surface area contributed by atoms with E-state index in [1.54, 1.807) is 12.4 Å². The fraction of sp³-hybridized carbons (Fsp3) is 0.364. The van der Waals surface area contributed by atoms with Gasteiger partial charge in [0.25, 0.3) is 0 Å². The van der Waals surface area contributed by atoms with Gasteiger partial charge in [-0.2, -0.15) is 0 Å². The van der Waals surface area contributed by atoms with E-state index in [-0.39, 0.29) is 0 Å². The number of pyridine rings is 1. The summed E-state index contributed by atoms with van der Waals surface area (Å²) in [5.41, 5.74) is 2.32. The minimum Gasteiger partial charge on any atom is -0.385 e. The third-order valence-electron chi connectivity index (χ3n) is 2.37. The van der Waals surface area contributed by atoms with E-state index in [0.717, 1.165) is 25.2 Å². The Labute approximate surface area is 94.5 Å². The Morgan fingerprint density at radius 3 is 3.06 bits per heavy atom. The van der Waals surface area contributed by atoms with Gasteiger partial charge in [-0.15, -0.1) is 5.10 Å². The molecule has 2 aromatic heterocycles. The van der Waals surface area contributed by atoms with Crippen molar-refractivity contribution in [1.82, 2.24) is 20.0 Å².